The smallest absolute Gasteiger partial charge is 0.272 e. The van der Waals surface area contributed by atoms with Crippen LogP contribution < -0.4 is 15.6 Å². The van der Waals surface area contributed by atoms with Gasteiger partial charge in [0.05, 0.1) is 12.6 Å². The van der Waals surface area contributed by atoms with Crippen LogP contribution in [0.2, 0.25) is 0 Å². The molecule has 0 aliphatic heterocycles. The van der Waals surface area contributed by atoms with Gasteiger partial charge in [0.15, 0.2) is 5.75 Å². The normalized spacial score (nSPS) is 10.8. The van der Waals surface area contributed by atoms with Gasteiger partial charge in [0, 0.05) is 18.9 Å². The molecule has 0 unspecified atom stereocenters. The van der Waals surface area contributed by atoms with Crippen molar-refractivity contribution in [2.75, 3.05) is 14.2 Å². The average Bonchev–Trinajstić information content (AvgIpc) is 2.81. The molecular formula is C24H20FN3O4. The summed E-state index contributed by atoms with van der Waals surface area (Å²) in [5.41, 5.74) is 1.46. The third kappa shape index (κ3) is 3.78. The van der Waals surface area contributed by atoms with E-state index in [0.29, 0.717) is 23.4 Å². The predicted octanol–water partition coefficient (Wildman–Crippen LogP) is 3.19. The van der Waals surface area contributed by atoms with E-state index < -0.39 is 22.8 Å². The Hall–Kier alpha value is -4.20. The standard InChI is InChI=1S/C24H20FN3O4/c1-26-23(30)20-22(29)21-19(28(24(20)31)17-7-9-18(32-2)10-8-17)12-15(13-27-21)11-14-3-5-16(25)6-4-14/h3-10,12-13,29H,11H2,1-2H3,(H,26,30). The van der Waals surface area contributed by atoms with Crippen molar-refractivity contribution in [1.82, 2.24) is 14.9 Å². The highest BCUT2D eigenvalue weighted by Gasteiger charge is 2.23. The minimum absolute atomic E-state index is 0.113. The molecule has 0 radical (unpaired) electrons. The SMILES string of the molecule is CNC(=O)c1c(O)c2ncc(Cc3ccc(F)cc3)cc2n(-c2ccc(OC)cc2)c1=O. The Bertz CT molecular complexity index is 1360. The molecule has 0 fully saturated rings. The van der Waals surface area contributed by atoms with E-state index in [1.165, 1.54) is 30.9 Å². The number of carbonyl (C=O) groups is 1. The Morgan fingerprint density at radius 2 is 1.81 bits per heavy atom. The first-order valence-electron chi connectivity index (χ1n) is 9.80. The number of nitrogens with one attached hydrogen (secondary N) is 1. The van der Waals surface area contributed by atoms with E-state index in [2.05, 4.69) is 10.3 Å². The Morgan fingerprint density at radius 1 is 1.12 bits per heavy atom. The molecule has 0 saturated heterocycles. The topological polar surface area (TPSA) is 93.5 Å². The van der Waals surface area contributed by atoms with Gasteiger partial charge in [-0.05, 0) is 60.0 Å². The molecule has 0 bridgehead atoms. The van der Waals surface area contributed by atoms with Crippen LogP contribution in [-0.2, 0) is 6.42 Å². The summed E-state index contributed by atoms with van der Waals surface area (Å²) in [7, 11) is 2.91. The molecule has 4 aromatic rings. The van der Waals surface area contributed by atoms with Crippen LogP contribution in [-0.4, -0.2) is 34.7 Å². The van der Waals surface area contributed by atoms with Crippen LogP contribution in [0.25, 0.3) is 16.7 Å². The van der Waals surface area contributed by atoms with Crippen molar-refractivity contribution >= 4 is 16.9 Å². The number of rotatable bonds is 5. The lowest BCUT2D eigenvalue weighted by Gasteiger charge is -2.15. The molecule has 2 aromatic carbocycles. The first kappa shape index (κ1) is 21.0. The molecule has 1 amide bonds. The van der Waals surface area contributed by atoms with E-state index in [4.69, 9.17) is 4.74 Å². The molecule has 2 aromatic heterocycles. The van der Waals surface area contributed by atoms with Gasteiger partial charge in [-0.15, -0.1) is 0 Å². The van der Waals surface area contributed by atoms with Crippen molar-refractivity contribution in [2.45, 2.75) is 6.42 Å². The van der Waals surface area contributed by atoms with E-state index in [0.717, 1.165) is 11.1 Å². The van der Waals surface area contributed by atoms with Crippen molar-refractivity contribution in [3.8, 4) is 17.2 Å². The number of methoxy groups -OCH3 is 1. The second kappa shape index (κ2) is 8.50. The van der Waals surface area contributed by atoms with Crippen LogP contribution >= 0.6 is 0 Å². The van der Waals surface area contributed by atoms with Gasteiger partial charge in [0.1, 0.15) is 22.6 Å². The molecule has 4 rings (SSSR count). The van der Waals surface area contributed by atoms with Crippen molar-refractivity contribution < 1.29 is 19.0 Å². The number of fused-ring (bicyclic) bond motifs is 1. The number of benzene rings is 2. The quantitative estimate of drug-likeness (QED) is 0.504. The van der Waals surface area contributed by atoms with E-state index in [1.807, 2.05) is 0 Å². The molecule has 0 saturated carbocycles. The largest absolute Gasteiger partial charge is 0.505 e. The molecule has 0 atom stereocenters. The summed E-state index contributed by atoms with van der Waals surface area (Å²) in [4.78, 5) is 30.0. The molecule has 0 aliphatic rings. The molecule has 7 nitrogen and oxygen atoms in total. The van der Waals surface area contributed by atoms with Crippen molar-refractivity contribution in [3.63, 3.8) is 0 Å². The average molecular weight is 433 g/mol. The minimum Gasteiger partial charge on any atom is -0.505 e. The second-order valence-corrected chi connectivity index (χ2v) is 7.16. The maximum absolute atomic E-state index is 13.3. The zero-order chi connectivity index (χ0) is 22.8. The fraction of sp³-hybridized carbons (Fsp3) is 0.125. The Labute approximate surface area is 182 Å². The van der Waals surface area contributed by atoms with Gasteiger partial charge >= 0.3 is 0 Å². The van der Waals surface area contributed by atoms with Gasteiger partial charge < -0.3 is 15.2 Å². The minimum atomic E-state index is -0.714. The van der Waals surface area contributed by atoms with Crippen molar-refractivity contribution in [1.29, 1.82) is 0 Å². The summed E-state index contributed by atoms with van der Waals surface area (Å²) in [6.45, 7) is 0. The van der Waals surface area contributed by atoms with Crippen LogP contribution in [0.3, 0.4) is 0 Å². The molecule has 8 heteroatoms. The zero-order valence-corrected chi connectivity index (χ0v) is 17.4. The lowest BCUT2D eigenvalue weighted by atomic mass is 10.0. The lowest BCUT2D eigenvalue weighted by molar-refractivity contribution is 0.0959. The first-order chi connectivity index (χ1) is 15.4. The fourth-order valence-electron chi connectivity index (χ4n) is 3.54. The summed E-state index contributed by atoms with van der Waals surface area (Å²) in [5.74, 6) is -0.923. The van der Waals surface area contributed by atoms with E-state index in [9.17, 15) is 19.1 Å². The van der Waals surface area contributed by atoms with Crippen molar-refractivity contribution in [3.05, 3.63) is 93.7 Å². The van der Waals surface area contributed by atoms with Gasteiger partial charge in [0.2, 0.25) is 0 Å². The van der Waals surface area contributed by atoms with E-state index in [1.54, 1.807) is 48.7 Å². The molecule has 32 heavy (non-hydrogen) atoms. The highest BCUT2D eigenvalue weighted by Crippen LogP contribution is 2.28. The number of aromatic nitrogens is 2. The predicted molar refractivity (Wildman–Crippen MR) is 118 cm³/mol. The number of aromatic hydroxyl groups is 1. The number of amides is 1. The van der Waals surface area contributed by atoms with Crippen LogP contribution in [0, 0.1) is 5.82 Å². The van der Waals surface area contributed by atoms with Gasteiger partial charge in [-0.25, -0.2) is 4.39 Å². The highest BCUT2D eigenvalue weighted by atomic mass is 19.1. The third-order valence-corrected chi connectivity index (χ3v) is 5.15. The maximum Gasteiger partial charge on any atom is 0.272 e. The van der Waals surface area contributed by atoms with Crippen LogP contribution in [0.4, 0.5) is 4.39 Å². The van der Waals surface area contributed by atoms with Crippen molar-refractivity contribution in [2.24, 2.45) is 0 Å². The molecule has 0 aliphatic carbocycles. The Balaban J connectivity index is 1.96. The molecule has 0 spiro atoms. The third-order valence-electron chi connectivity index (χ3n) is 5.15. The van der Waals surface area contributed by atoms with Gasteiger partial charge in [-0.2, -0.15) is 0 Å². The number of halogens is 1. The van der Waals surface area contributed by atoms with Crippen LogP contribution in [0.1, 0.15) is 21.5 Å². The molecular weight excluding hydrogens is 413 g/mol. The van der Waals surface area contributed by atoms with Crippen LogP contribution in [0.15, 0.2) is 65.6 Å². The number of hydrogen-bond donors (Lipinski definition) is 2. The van der Waals surface area contributed by atoms with Gasteiger partial charge in [0.25, 0.3) is 11.5 Å². The maximum atomic E-state index is 13.3. The molecule has 2 heterocycles. The monoisotopic (exact) mass is 433 g/mol. The highest BCUT2D eigenvalue weighted by molar-refractivity contribution is 6.01. The number of nitrogens with zero attached hydrogens (tertiary/aromatic N) is 2. The summed E-state index contributed by atoms with van der Waals surface area (Å²) in [5, 5.41) is 13.1. The van der Waals surface area contributed by atoms with E-state index in [-0.39, 0.29) is 11.3 Å². The number of ether oxygens (including phenoxy) is 1. The summed E-state index contributed by atoms with van der Waals surface area (Å²) in [6.07, 6.45) is 2.00. The number of carbonyl (C=O) groups excluding carboxylic acids is 1. The molecule has 2 N–H and O–H groups in total. The Morgan fingerprint density at radius 3 is 2.44 bits per heavy atom. The first-order valence-corrected chi connectivity index (χ1v) is 9.80. The van der Waals surface area contributed by atoms with Crippen LogP contribution in [0.5, 0.6) is 11.5 Å². The summed E-state index contributed by atoms with van der Waals surface area (Å²) < 4.78 is 19.7. The number of hydrogen-bond acceptors (Lipinski definition) is 5. The fourth-order valence-corrected chi connectivity index (χ4v) is 3.54. The van der Waals surface area contributed by atoms with Gasteiger partial charge in [-0.3, -0.25) is 19.1 Å². The van der Waals surface area contributed by atoms with E-state index >= 15 is 0 Å². The molecule has 162 valence electrons. The summed E-state index contributed by atoms with van der Waals surface area (Å²) in [6, 6.07) is 14.5. The lowest BCUT2D eigenvalue weighted by Crippen LogP contribution is -2.31. The Kier molecular flexibility index (Phi) is 5.59. The van der Waals surface area contributed by atoms with Gasteiger partial charge in [-0.1, -0.05) is 12.1 Å². The zero-order valence-electron chi connectivity index (χ0n) is 17.4. The number of pyridine rings is 2. The summed E-state index contributed by atoms with van der Waals surface area (Å²) >= 11 is 0. The second-order valence-electron chi connectivity index (χ2n) is 7.16.